The lowest BCUT2D eigenvalue weighted by Crippen LogP contribution is -2.22. The Balaban J connectivity index is 1.84. The zero-order valence-corrected chi connectivity index (χ0v) is 16.8. The number of sulfone groups is 1. The minimum Gasteiger partial charge on any atom is -0.456 e. The van der Waals surface area contributed by atoms with Crippen LogP contribution in [0.15, 0.2) is 47.4 Å². The van der Waals surface area contributed by atoms with Crippen molar-refractivity contribution in [3.05, 3.63) is 63.2 Å². The maximum absolute atomic E-state index is 12.2. The lowest BCUT2D eigenvalue weighted by molar-refractivity contribution is -0.384. The number of esters is 1. The van der Waals surface area contributed by atoms with E-state index in [9.17, 15) is 28.1 Å². The number of anilines is 1. The van der Waals surface area contributed by atoms with E-state index in [1.807, 2.05) is 6.92 Å². The van der Waals surface area contributed by atoms with Crippen molar-refractivity contribution in [1.29, 1.82) is 0 Å². The SMILES string of the molecule is Cc1ccc(S(=O)(=O)CCC(=O)OCC(=O)Nc2ccc(Cl)c([N+](=O)[O-])c2)cc1. The van der Waals surface area contributed by atoms with Crippen molar-refractivity contribution in [3.63, 3.8) is 0 Å². The molecule has 0 saturated heterocycles. The van der Waals surface area contributed by atoms with E-state index in [1.54, 1.807) is 12.1 Å². The second-order valence-electron chi connectivity index (χ2n) is 6.01. The van der Waals surface area contributed by atoms with E-state index in [2.05, 4.69) is 5.32 Å². The predicted molar refractivity (Wildman–Crippen MR) is 106 cm³/mol. The summed E-state index contributed by atoms with van der Waals surface area (Å²) in [5, 5.41) is 13.1. The van der Waals surface area contributed by atoms with Crippen LogP contribution in [0.1, 0.15) is 12.0 Å². The number of hydrogen-bond acceptors (Lipinski definition) is 7. The lowest BCUT2D eigenvalue weighted by Gasteiger charge is -2.08. The van der Waals surface area contributed by atoms with Gasteiger partial charge in [0, 0.05) is 11.8 Å². The molecule has 0 aliphatic heterocycles. The molecule has 0 heterocycles. The predicted octanol–water partition coefficient (Wildman–Crippen LogP) is 2.90. The van der Waals surface area contributed by atoms with Crippen molar-refractivity contribution in [2.75, 3.05) is 17.7 Å². The molecule has 0 aromatic heterocycles. The normalized spacial score (nSPS) is 11.0. The Morgan fingerprint density at radius 1 is 1.17 bits per heavy atom. The number of aryl methyl sites for hydroxylation is 1. The smallest absolute Gasteiger partial charge is 0.307 e. The highest BCUT2D eigenvalue weighted by Crippen LogP contribution is 2.27. The summed E-state index contributed by atoms with van der Waals surface area (Å²) < 4.78 is 29.1. The van der Waals surface area contributed by atoms with Gasteiger partial charge in [-0.1, -0.05) is 29.3 Å². The summed E-state index contributed by atoms with van der Waals surface area (Å²) in [5.41, 5.74) is 0.618. The number of nitro benzene ring substituents is 1. The summed E-state index contributed by atoms with van der Waals surface area (Å²) in [5.74, 6) is -2.06. The number of benzene rings is 2. The number of amides is 1. The van der Waals surface area contributed by atoms with Crippen LogP contribution in [0, 0.1) is 17.0 Å². The van der Waals surface area contributed by atoms with Crippen molar-refractivity contribution in [2.24, 2.45) is 0 Å². The van der Waals surface area contributed by atoms with Crippen LogP contribution in [0.5, 0.6) is 0 Å². The van der Waals surface area contributed by atoms with Crippen LogP contribution in [0.4, 0.5) is 11.4 Å². The highest BCUT2D eigenvalue weighted by atomic mass is 35.5. The van der Waals surface area contributed by atoms with Crippen LogP contribution >= 0.6 is 11.6 Å². The Morgan fingerprint density at radius 3 is 2.45 bits per heavy atom. The van der Waals surface area contributed by atoms with Crippen molar-refractivity contribution in [3.8, 4) is 0 Å². The second-order valence-corrected chi connectivity index (χ2v) is 8.53. The number of rotatable bonds is 8. The zero-order valence-electron chi connectivity index (χ0n) is 15.3. The highest BCUT2D eigenvalue weighted by molar-refractivity contribution is 7.91. The second kappa shape index (κ2) is 9.48. The van der Waals surface area contributed by atoms with Crippen LogP contribution in [0.2, 0.25) is 5.02 Å². The first kappa shape index (κ1) is 22.3. The fraction of sp³-hybridized carbons (Fsp3) is 0.222. The summed E-state index contributed by atoms with van der Waals surface area (Å²) in [4.78, 5) is 33.8. The third-order valence-corrected chi connectivity index (χ3v) is 5.80. The highest BCUT2D eigenvalue weighted by Gasteiger charge is 2.18. The molecule has 0 aliphatic rings. The van der Waals surface area contributed by atoms with Gasteiger partial charge in [0.1, 0.15) is 5.02 Å². The van der Waals surface area contributed by atoms with Gasteiger partial charge in [0.15, 0.2) is 16.4 Å². The molecule has 0 fully saturated rings. The van der Waals surface area contributed by atoms with E-state index in [1.165, 1.54) is 24.3 Å². The zero-order chi connectivity index (χ0) is 21.6. The number of nitrogens with one attached hydrogen (secondary N) is 1. The van der Waals surface area contributed by atoms with E-state index in [-0.39, 0.29) is 21.3 Å². The third-order valence-electron chi connectivity index (χ3n) is 3.75. The van der Waals surface area contributed by atoms with Crippen molar-refractivity contribution in [2.45, 2.75) is 18.2 Å². The molecule has 29 heavy (non-hydrogen) atoms. The molecule has 0 unspecified atom stereocenters. The molecule has 0 saturated carbocycles. The Morgan fingerprint density at radius 2 is 1.83 bits per heavy atom. The Hall–Kier alpha value is -2.98. The first-order valence-electron chi connectivity index (χ1n) is 8.27. The van der Waals surface area contributed by atoms with Crippen LogP contribution < -0.4 is 5.32 Å². The molecule has 2 rings (SSSR count). The van der Waals surface area contributed by atoms with Gasteiger partial charge < -0.3 is 10.1 Å². The van der Waals surface area contributed by atoms with Crippen molar-refractivity contribution >= 4 is 44.7 Å². The van der Waals surface area contributed by atoms with Gasteiger partial charge in [-0.3, -0.25) is 19.7 Å². The molecular formula is C18H17ClN2O7S. The maximum Gasteiger partial charge on any atom is 0.307 e. The Bertz CT molecular complexity index is 1040. The molecule has 0 aliphatic carbocycles. The van der Waals surface area contributed by atoms with E-state index in [0.29, 0.717) is 0 Å². The Labute approximate surface area is 171 Å². The van der Waals surface area contributed by atoms with E-state index in [0.717, 1.165) is 11.6 Å². The number of nitro groups is 1. The quantitative estimate of drug-likeness (QED) is 0.379. The standard InChI is InChI=1S/C18H17ClN2O7S/c1-12-2-5-14(6-3-12)29(26,27)9-8-18(23)28-11-17(22)20-13-4-7-15(19)16(10-13)21(24)25/h2-7,10H,8-9,11H2,1H3,(H,20,22). The average molecular weight is 441 g/mol. The van der Waals surface area contributed by atoms with Gasteiger partial charge in [-0.2, -0.15) is 0 Å². The van der Waals surface area contributed by atoms with Crippen molar-refractivity contribution in [1.82, 2.24) is 0 Å². The van der Waals surface area contributed by atoms with Gasteiger partial charge in [-0.05, 0) is 31.2 Å². The number of carbonyl (C=O) groups excluding carboxylic acids is 2. The summed E-state index contributed by atoms with van der Waals surface area (Å²) in [6.07, 6.45) is -0.421. The monoisotopic (exact) mass is 440 g/mol. The fourth-order valence-electron chi connectivity index (χ4n) is 2.23. The number of nitrogens with zero attached hydrogens (tertiary/aromatic N) is 1. The molecule has 9 nitrogen and oxygen atoms in total. The van der Waals surface area contributed by atoms with Crippen LogP contribution in [-0.4, -0.2) is 37.6 Å². The molecule has 2 aromatic carbocycles. The van der Waals surface area contributed by atoms with E-state index >= 15 is 0 Å². The average Bonchev–Trinajstić information content (AvgIpc) is 2.66. The van der Waals surface area contributed by atoms with Crippen molar-refractivity contribution < 1.29 is 27.7 Å². The summed E-state index contributed by atoms with van der Waals surface area (Å²) >= 11 is 5.68. The largest absolute Gasteiger partial charge is 0.456 e. The topological polar surface area (TPSA) is 133 Å². The summed E-state index contributed by atoms with van der Waals surface area (Å²) in [6.45, 7) is 1.15. The Kier molecular flexibility index (Phi) is 7.29. The molecular weight excluding hydrogens is 424 g/mol. The summed E-state index contributed by atoms with van der Waals surface area (Å²) in [7, 11) is -3.65. The van der Waals surface area contributed by atoms with Crippen LogP contribution in [0.25, 0.3) is 0 Å². The first-order valence-corrected chi connectivity index (χ1v) is 10.3. The minimum absolute atomic E-state index is 0.0887. The number of hydrogen-bond donors (Lipinski definition) is 1. The summed E-state index contributed by atoms with van der Waals surface area (Å²) in [6, 6.07) is 9.87. The lowest BCUT2D eigenvalue weighted by atomic mass is 10.2. The third kappa shape index (κ3) is 6.54. The van der Waals surface area contributed by atoms with E-state index in [4.69, 9.17) is 16.3 Å². The maximum atomic E-state index is 12.2. The van der Waals surface area contributed by atoms with E-state index < -0.39 is 45.4 Å². The van der Waals surface area contributed by atoms with Crippen LogP contribution in [0.3, 0.4) is 0 Å². The molecule has 1 N–H and O–H groups in total. The molecule has 2 aromatic rings. The molecule has 1 amide bonds. The molecule has 0 spiro atoms. The minimum atomic E-state index is -3.65. The number of halogens is 1. The van der Waals surface area contributed by atoms with Gasteiger partial charge in [0.2, 0.25) is 0 Å². The van der Waals surface area contributed by atoms with Gasteiger partial charge in [-0.15, -0.1) is 0 Å². The first-order chi connectivity index (χ1) is 13.6. The van der Waals surface area contributed by atoms with Crippen LogP contribution in [-0.2, 0) is 24.2 Å². The number of carbonyl (C=O) groups is 2. The van der Waals surface area contributed by atoms with Gasteiger partial charge >= 0.3 is 5.97 Å². The van der Waals surface area contributed by atoms with Gasteiger partial charge in [-0.25, -0.2) is 8.42 Å². The molecule has 0 bridgehead atoms. The van der Waals surface area contributed by atoms with Gasteiger partial charge in [0.25, 0.3) is 11.6 Å². The molecule has 154 valence electrons. The fourth-order valence-corrected chi connectivity index (χ4v) is 3.64. The molecule has 0 radical (unpaired) electrons. The number of ether oxygens (including phenoxy) is 1. The van der Waals surface area contributed by atoms with Gasteiger partial charge in [0.05, 0.1) is 22.0 Å². The molecule has 0 atom stereocenters. The molecule has 11 heteroatoms.